The van der Waals surface area contributed by atoms with Gasteiger partial charge >= 0.3 is 0 Å². The quantitative estimate of drug-likeness (QED) is 0.776. The molecule has 0 aliphatic carbocycles. The Bertz CT molecular complexity index is 518. The first-order valence-corrected chi connectivity index (χ1v) is 5.75. The molecule has 2 nitrogen and oxygen atoms in total. The molecule has 17 heavy (non-hydrogen) atoms. The van der Waals surface area contributed by atoms with E-state index in [9.17, 15) is 4.39 Å². The third kappa shape index (κ3) is 2.93. The molecule has 1 heterocycles. The van der Waals surface area contributed by atoms with Crippen molar-refractivity contribution in [1.29, 1.82) is 0 Å². The Morgan fingerprint density at radius 1 is 1.12 bits per heavy atom. The summed E-state index contributed by atoms with van der Waals surface area (Å²) in [6, 6.07) is 7.32. The third-order valence-corrected chi connectivity index (χ3v) is 2.80. The summed E-state index contributed by atoms with van der Waals surface area (Å²) in [5.41, 5.74) is 1.26. The molecular weight excluding hydrogens is 262 g/mol. The Labute approximate surface area is 108 Å². The van der Waals surface area contributed by atoms with Gasteiger partial charge in [0.25, 0.3) is 0 Å². The van der Waals surface area contributed by atoms with Crippen LogP contribution in [0, 0.1) is 12.7 Å². The Balaban J connectivity index is 2.27. The van der Waals surface area contributed by atoms with Gasteiger partial charge in [0.05, 0.1) is 5.69 Å². The molecule has 2 aromatic rings. The lowest BCUT2D eigenvalue weighted by Crippen LogP contribution is -2.02. The Hall–Kier alpha value is -1.19. The van der Waals surface area contributed by atoms with Crippen molar-refractivity contribution in [3.05, 3.63) is 57.3 Å². The molecule has 88 valence electrons. The molecule has 2 rings (SSSR count). The van der Waals surface area contributed by atoms with Crippen LogP contribution in [0.5, 0.6) is 0 Å². The van der Waals surface area contributed by atoms with Crippen LogP contribution in [0.2, 0.25) is 10.2 Å². The van der Waals surface area contributed by atoms with Crippen molar-refractivity contribution in [3.63, 3.8) is 0 Å². The third-order valence-electron chi connectivity index (χ3n) is 2.30. The van der Waals surface area contributed by atoms with Crippen LogP contribution in [0.1, 0.15) is 17.1 Å². The lowest BCUT2D eigenvalue weighted by molar-refractivity contribution is 0.597. The van der Waals surface area contributed by atoms with Gasteiger partial charge in [0.2, 0.25) is 0 Å². The second kappa shape index (κ2) is 4.98. The van der Waals surface area contributed by atoms with Gasteiger partial charge in [0.1, 0.15) is 5.82 Å². The number of nitrogens with zero attached hydrogens (tertiary/aromatic N) is 2. The van der Waals surface area contributed by atoms with Gasteiger partial charge in [-0.2, -0.15) is 0 Å². The van der Waals surface area contributed by atoms with Crippen molar-refractivity contribution in [2.45, 2.75) is 13.3 Å². The normalized spacial score (nSPS) is 10.6. The standard InChI is InChI=1S/C12H9Cl2FN2/c1-7-11(15)12(14)17-10(16-7)6-8-2-4-9(13)5-3-8/h2-5H,6H2,1H3. The smallest absolute Gasteiger partial charge is 0.181 e. The Morgan fingerprint density at radius 2 is 1.76 bits per heavy atom. The summed E-state index contributed by atoms with van der Waals surface area (Å²) in [6.45, 7) is 1.56. The van der Waals surface area contributed by atoms with Crippen LogP contribution in [-0.2, 0) is 6.42 Å². The summed E-state index contributed by atoms with van der Waals surface area (Å²) in [4.78, 5) is 7.95. The van der Waals surface area contributed by atoms with Crippen LogP contribution in [0.15, 0.2) is 24.3 Å². The molecule has 0 unspecified atom stereocenters. The highest BCUT2D eigenvalue weighted by Gasteiger charge is 2.09. The van der Waals surface area contributed by atoms with E-state index in [1.165, 1.54) is 0 Å². The van der Waals surface area contributed by atoms with Gasteiger partial charge in [-0.3, -0.25) is 0 Å². The molecule has 1 aromatic carbocycles. The number of rotatable bonds is 2. The molecule has 0 aliphatic heterocycles. The minimum atomic E-state index is -0.563. The van der Waals surface area contributed by atoms with Crippen molar-refractivity contribution in [2.24, 2.45) is 0 Å². The zero-order chi connectivity index (χ0) is 12.4. The van der Waals surface area contributed by atoms with E-state index in [-0.39, 0.29) is 10.8 Å². The van der Waals surface area contributed by atoms with Crippen molar-refractivity contribution in [1.82, 2.24) is 9.97 Å². The highest BCUT2D eigenvalue weighted by Crippen LogP contribution is 2.16. The SMILES string of the molecule is Cc1nc(Cc2ccc(Cl)cc2)nc(Cl)c1F. The maximum absolute atomic E-state index is 13.2. The summed E-state index contributed by atoms with van der Waals surface area (Å²) < 4.78 is 13.2. The van der Waals surface area contributed by atoms with Crippen molar-refractivity contribution in [2.75, 3.05) is 0 Å². The molecule has 0 saturated heterocycles. The van der Waals surface area contributed by atoms with E-state index >= 15 is 0 Å². The highest BCUT2D eigenvalue weighted by molar-refractivity contribution is 6.30. The molecule has 0 N–H and O–H groups in total. The average Bonchev–Trinajstić information content (AvgIpc) is 2.29. The average molecular weight is 271 g/mol. The minimum Gasteiger partial charge on any atom is -0.235 e. The molecule has 5 heteroatoms. The number of hydrogen-bond donors (Lipinski definition) is 0. The van der Waals surface area contributed by atoms with Gasteiger partial charge in [-0.15, -0.1) is 0 Å². The zero-order valence-corrected chi connectivity index (χ0v) is 10.6. The Kier molecular flexibility index (Phi) is 3.60. The van der Waals surface area contributed by atoms with Crippen molar-refractivity contribution >= 4 is 23.2 Å². The van der Waals surface area contributed by atoms with Crippen LogP contribution < -0.4 is 0 Å². The summed E-state index contributed by atoms with van der Waals surface area (Å²) in [6.07, 6.45) is 0.498. The second-order valence-corrected chi connectivity index (χ2v) is 4.43. The molecule has 0 spiro atoms. The highest BCUT2D eigenvalue weighted by atomic mass is 35.5. The first-order chi connectivity index (χ1) is 8.06. The fraction of sp³-hybridized carbons (Fsp3) is 0.167. The van der Waals surface area contributed by atoms with Crippen molar-refractivity contribution in [3.8, 4) is 0 Å². The maximum atomic E-state index is 13.2. The van der Waals surface area contributed by atoms with E-state index in [4.69, 9.17) is 23.2 Å². The molecule has 0 radical (unpaired) electrons. The topological polar surface area (TPSA) is 25.8 Å². The lowest BCUT2D eigenvalue weighted by Gasteiger charge is -2.04. The van der Waals surface area contributed by atoms with E-state index in [2.05, 4.69) is 9.97 Å². The van der Waals surface area contributed by atoms with Gasteiger partial charge in [0, 0.05) is 11.4 Å². The largest absolute Gasteiger partial charge is 0.235 e. The van der Waals surface area contributed by atoms with Crippen molar-refractivity contribution < 1.29 is 4.39 Å². The van der Waals surface area contributed by atoms with Gasteiger partial charge < -0.3 is 0 Å². The van der Waals surface area contributed by atoms with E-state index in [1.807, 2.05) is 12.1 Å². The van der Waals surface area contributed by atoms with Gasteiger partial charge in [-0.05, 0) is 24.6 Å². The van der Waals surface area contributed by atoms with Gasteiger partial charge in [0.15, 0.2) is 11.0 Å². The second-order valence-electron chi connectivity index (χ2n) is 3.63. The van der Waals surface area contributed by atoms with Gasteiger partial charge in [-0.1, -0.05) is 35.3 Å². The minimum absolute atomic E-state index is 0.138. The molecule has 0 saturated carbocycles. The summed E-state index contributed by atoms with van der Waals surface area (Å²) in [7, 11) is 0. The number of aryl methyl sites for hydroxylation is 1. The van der Waals surface area contributed by atoms with Crippen LogP contribution in [0.3, 0.4) is 0 Å². The molecule has 0 fully saturated rings. The summed E-state index contributed by atoms with van der Waals surface area (Å²) in [5, 5.41) is 0.532. The molecular formula is C12H9Cl2FN2. The van der Waals surface area contributed by atoms with Crippen LogP contribution >= 0.6 is 23.2 Å². The van der Waals surface area contributed by atoms with E-state index in [0.29, 0.717) is 17.3 Å². The van der Waals surface area contributed by atoms with Gasteiger partial charge in [-0.25, -0.2) is 14.4 Å². The predicted molar refractivity (Wildman–Crippen MR) is 66.0 cm³/mol. The van der Waals surface area contributed by atoms with Crippen LogP contribution in [-0.4, -0.2) is 9.97 Å². The fourth-order valence-electron chi connectivity index (χ4n) is 1.44. The number of halogens is 3. The first-order valence-electron chi connectivity index (χ1n) is 4.99. The summed E-state index contributed by atoms with van der Waals surface area (Å²) in [5.74, 6) is -0.0669. The summed E-state index contributed by atoms with van der Waals surface area (Å²) >= 11 is 11.4. The number of benzene rings is 1. The van der Waals surface area contributed by atoms with Crippen LogP contribution in [0.25, 0.3) is 0 Å². The molecule has 0 bridgehead atoms. The Morgan fingerprint density at radius 3 is 2.35 bits per heavy atom. The van der Waals surface area contributed by atoms with E-state index in [0.717, 1.165) is 5.56 Å². The zero-order valence-electron chi connectivity index (χ0n) is 9.04. The fourth-order valence-corrected chi connectivity index (χ4v) is 1.80. The van der Waals surface area contributed by atoms with E-state index in [1.54, 1.807) is 19.1 Å². The molecule has 0 amide bonds. The first kappa shape index (κ1) is 12.3. The monoisotopic (exact) mass is 270 g/mol. The maximum Gasteiger partial charge on any atom is 0.181 e. The van der Waals surface area contributed by atoms with Crippen LogP contribution in [0.4, 0.5) is 4.39 Å². The lowest BCUT2D eigenvalue weighted by atomic mass is 10.1. The molecule has 0 atom stereocenters. The number of aromatic nitrogens is 2. The number of hydrogen-bond acceptors (Lipinski definition) is 2. The molecule has 1 aromatic heterocycles. The predicted octanol–water partition coefficient (Wildman–Crippen LogP) is 3.82. The van der Waals surface area contributed by atoms with E-state index < -0.39 is 5.82 Å². The molecule has 0 aliphatic rings.